The monoisotopic (exact) mass is 350 g/mol. The van der Waals surface area contributed by atoms with Crippen molar-refractivity contribution in [1.82, 2.24) is 19.7 Å². The molecule has 7 heteroatoms. The van der Waals surface area contributed by atoms with Gasteiger partial charge in [-0.1, -0.05) is 6.07 Å². The average Bonchev–Trinajstić information content (AvgIpc) is 3.15. The maximum atomic E-state index is 5.33. The molecule has 0 unspecified atom stereocenters. The quantitative estimate of drug-likeness (QED) is 0.720. The zero-order chi connectivity index (χ0) is 17.9. The fourth-order valence-corrected chi connectivity index (χ4v) is 3.13. The van der Waals surface area contributed by atoms with E-state index in [9.17, 15) is 0 Å². The van der Waals surface area contributed by atoms with E-state index in [1.807, 2.05) is 37.4 Å². The van der Waals surface area contributed by atoms with Crippen LogP contribution in [-0.4, -0.2) is 53.0 Å². The largest absolute Gasteiger partial charge is 0.497 e. The third kappa shape index (κ3) is 3.33. The molecule has 0 radical (unpaired) electrons. The molecule has 4 rings (SSSR count). The van der Waals surface area contributed by atoms with Crippen molar-refractivity contribution in [3.05, 3.63) is 54.5 Å². The lowest BCUT2D eigenvalue weighted by Gasteiger charge is -2.36. The van der Waals surface area contributed by atoms with Crippen LogP contribution in [0.1, 0.15) is 5.69 Å². The summed E-state index contributed by atoms with van der Waals surface area (Å²) in [4.78, 5) is 13.7. The van der Waals surface area contributed by atoms with Gasteiger partial charge in [0.05, 0.1) is 12.8 Å². The van der Waals surface area contributed by atoms with E-state index in [0.717, 1.165) is 49.4 Å². The van der Waals surface area contributed by atoms with Crippen molar-refractivity contribution in [2.45, 2.75) is 6.92 Å². The molecule has 1 aromatic carbocycles. The number of aryl methyl sites for hydroxylation is 1. The summed E-state index contributed by atoms with van der Waals surface area (Å²) in [5, 5.41) is 4.42. The van der Waals surface area contributed by atoms with Gasteiger partial charge in [0.25, 0.3) is 0 Å². The van der Waals surface area contributed by atoms with Crippen molar-refractivity contribution in [3.8, 4) is 11.6 Å². The highest BCUT2D eigenvalue weighted by Crippen LogP contribution is 2.23. The van der Waals surface area contributed by atoms with E-state index in [1.165, 1.54) is 5.69 Å². The first-order valence-corrected chi connectivity index (χ1v) is 8.72. The van der Waals surface area contributed by atoms with Gasteiger partial charge in [0.15, 0.2) is 5.82 Å². The Morgan fingerprint density at radius 1 is 1.00 bits per heavy atom. The molecule has 3 aromatic rings. The number of nitrogens with zero attached hydrogens (tertiary/aromatic N) is 6. The Labute approximate surface area is 152 Å². The fraction of sp³-hybridized carbons (Fsp3) is 0.316. The highest BCUT2D eigenvalue weighted by atomic mass is 16.5. The van der Waals surface area contributed by atoms with Gasteiger partial charge in [-0.25, -0.2) is 9.67 Å². The van der Waals surface area contributed by atoms with Gasteiger partial charge in [0.2, 0.25) is 5.95 Å². The van der Waals surface area contributed by atoms with Crippen LogP contribution >= 0.6 is 0 Å². The van der Waals surface area contributed by atoms with Crippen molar-refractivity contribution < 1.29 is 4.74 Å². The zero-order valence-corrected chi connectivity index (χ0v) is 15.0. The number of anilines is 2. The Bertz CT molecular complexity index is 885. The van der Waals surface area contributed by atoms with Gasteiger partial charge < -0.3 is 14.5 Å². The number of hydrogen-bond acceptors (Lipinski definition) is 6. The number of hydrogen-bond donors (Lipinski definition) is 0. The summed E-state index contributed by atoms with van der Waals surface area (Å²) in [6, 6.07) is 12.0. The summed E-state index contributed by atoms with van der Waals surface area (Å²) in [5.41, 5.74) is 2.16. The summed E-state index contributed by atoms with van der Waals surface area (Å²) >= 11 is 0. The van der Waals surface area contributed by atoms with Crippen molar-refractivity contribution in [3.63, 3.8) is 0 Å². The molecule has 0 atom stereocenters. The highest BCUT2D eigenvalue weighted by molar-refractivity contribution is 5.52. The zero-order valence-electron chi connectivity index (χ0n) is 15.0. The van der Waals surface area contributed by atoms with Crippen LogP contribution in [0.3, 0.4) is 0 Å². The second-order valence-corrected chi connectivity index (χ2v) is 6.29. The first-order chi connectivity index (χ1) is 12.7. The molecule has 134 valence electrons. The number of ether oxygens (including phenoxy) is 1. The second kappa shape index (κ2) is 7.03. The van der Waals surface area contributed by atoms with Crippen LogP contribution in [0.5, 0.6) is 5.75 Å². The minimum Gasteiger partial charge on any atom is -0.497 e. The third-order valence-electron chi connectivity index (χ3n) is 4.57. The lowest BCUT2D eigenvalue weighted by atomic mass is 10.2. The van der Waals surface area contributed by atoms with Gasteiger partial charge in [-0.15, -0.1) is 0 Å². The summed E-state index contributed by atoms with van der Waals surface area (Å²) in [5.74, 6) is 2.43. The molecule has 0 bridgehead atoms. The van der Waals surface area contributed by atoms with Crippen LogP contribution in [0.2, 0.25) is 0 Å². The second-order valence-electron chi connectivity index (χ2n) is 6.29. The van der Waals surface area contributed by atoms with E-state index >= 15 is 0 Å². The van der Waals surface area contributed by atoms with Gasteiger partial charge in [-0.05, 0) is 25.1 Å². The number of benzene rings is 1. The van der Waals surface area contributed by atoms with Crippen LogP contribution in [0.25, 0.3) is 5.82 Å². The van der Waals surface area contributed by atoms with Gasteiger partial charge in [-0.3, -0.25) is 0 Å². The minimum absolute atomic E-state index is 0.751. The van der Waals surface area contributed by atoms with E-state index in [1.54, 1.807) is 18.0 Å². The maximum absolute atomic E-state index is 5.33. The molecule has 1 aliphatic heterocycles. The predicted octanol–water partition coefficient (Wildman–Crippen LogP) is 2.31. The molecule has 1 fully saturated rings. The smallest absolute Gasteiger partial charge is 0.227 e. The van der Waals surface area contributed by atoms with E-state index < -0.39 is 0 Å². The molecule has 2 aromatic heterocycles. The predicted molar refractivity (Wildman–Crippen MR) is 101 cm³/mol. The molecule has 26 heavy (non-hydrogen) atoms. The summed E-state index contributed by atoms with van der Waals surface area (Å²) in [6.07, 6.45) is 3.71. The van der Waals surface area contributed by atoms with Crippen LogP contribution in [0, 0.1) is 6.92 Å². The number of rotatable bonds is 4. The normalized spacial score (nSPS) is 14.5. The number of piperazine rings is 1. The molecule has 0 spiro atoms. The third-order valence-corrected chi connectivity index (χ3v) is 4.57. The standard InChI is InChI=1S/C19H22N6O/c1-15-7-9-25(22-15)18-6-8-20-19(21-18)24-12-10-23(11-13-24)16-4-3-5-17(14-16)26-2/h3-9,14H,10-13H2,1-2H3. The van der Waals surface area contributed by atoms with Crippen molar-refractivity contribution in [1.29, 1.82) is 0 Å². The summed E-state index contributed by atoms with van der Waals surface area (Å²) in [6.45, 7) is 5.55. The van der Waals surface area contributed by atoms with E-state index in [-0.39, 0.29) is 0 Å². The Kier molecular flexibility index (Phi) is 4.43. The number of methoxy groups -OCH3 is 1. The van der Waals surface area contributed by atoms with Crippen molar-refractivity contribution in [2.24, 2.45) is 0 Å². The Balaban J connectivity index is 1.46. The topological polar surface area (TPSA) is 59.3 Å². The minimum atomic E-state index is 0.751. The Morgan fingerprint density at radius 3 is 2.54 bits per heavy atom. The summed E-state index contributed by atoms with van der Waals surface area (Å²) < 4.78 is 7.11. The van der Waals surface area contributed by atoms with Crippen molar-refractivity contribution in [2.75, 3.05) is 43.1 Å². The van der Waals surface area contributed by atoms with Crippen molar-refractivity contribution >= 4 is 11.6 Å². The molecular weight excluding hydrogens is 328 g/mol. The fourth-order valence-electron chi connectivity index (χ4n) is 3.13. The average molecular weight is 350 g/mol. The Morgan fingerprint density at radius 2 is 1.81 bits per heavy atom. The Hall–Kier alpha value is -3.09. The molecule has 0 N–H and O–H groups in total. The maximum Gasteiger partial charge on any atom is 0.227 e. The molecule has 1 aliphatic rings. The summed E-state index contributed by atoms with van der Waals surface area (Å²) in [7, 11) is 1.70. The highest BCUT2D eigenvalue weighted by Gasteiger charge is 2.20. The van der Waals surface area contributed by atoms with E-state index in [2.05, 4.69) is 37.0 Å². The first-order valence-electron chi connectivity index (χ1n) is 8.72. The van der Waals surface area contributed by atoms with Gasteiger partial charge in [0.1, 0.15) is 5.75 Å². The van der Waals surface area contributed by atoms with Gasteiger partial charge in [0, 0.05) is 56.4 Å². The van der Waals surface area contributed by atoms with Gasteiger partial charge in [-0.2, -0.15) is 10.1 Å². The van der Waals surface area contributed by atoms with Crippen LogP contribution in [-0.2, 0) is 0 Å². The lowest BCUT2D eigenvalue weighted by Crippen LogP contribution is -2.47. The first kappa shape index (κ1) is 16.4. The molecule has 0 amide bonds. The molecule has 3 heterocycles. The molecule has 7 nitrogen and oxygen atoms in total. The van der Waals surface area contributed by atoms with E-state index in [0.29, 0.717) is 0 Å². The molecule has 0 saturated carbocycles. The molecule has 0 aliphatic carbocycles. The molecular formula is C19H22N6O. The SMILES string of the molecule is COc1cccc(N2CCN(c3nccc(-n4ccc(C)n4)n3)CC2)c1. The molecule has 1 saturated heterocycles. The van der Waals surface area contributed by atoms with Crippen LogP contribution in [0.4, 0.5) is 11.6 Å². The van der Waals surface area contributed by atoms with Crippen LogP contribution < -0.4 is 14.5 Å². The van der Waals surface area contributed by atoms with E-state index in [4.69, 9.17) is 4.74 Å². The number of aromatic nitrogens is 4. The van der Waals surface area contributed by atoms with Gasteiger partial charge >= 0.3 is 0 Å². The van der Waals surface area contributed by atoms with Crippen LogP contribution in [0.15, 0.2) is 48.8 Å². The lowest BCUT2D eigenvalue weighted by molar-refractivity contribution is 0.414.